The molecule has 74 valence electrons. The molecule has 0 aliphatic rings. The third-order valence-corrected chi connectivity index (χ3v) is 2.79. The topological polar surface area (TPSA) is 64.9 Å². The summed E-state index contributed by atoms with van der Waals surface area (Å²) < 4.78 is 5.02. The van der Waals surface area contributed by atoms with Crippen molar-refractivity contribution < 1.29 is 4.52 Å². The Morgan fingerprint density at radius 3 is 2.79 bits per heavy atom. The number of hydrogen-bond acceptors (Lipinski definition) is 5. The first-order valence-corrected chi connectivity index (χ1v) is 5.25. The van der Waals surface area contributed by atoms with Crippen LogP contribution in [-0.2, 0) is 0 Å². The summed E-state index contributed by atoms with van der Waals surface area (Å²) in [6.07, 6.45) is 0. The Hall–Kier alpha value is -1.20. The van der Waals surface area contributed by atoms with E-state index in [-0.39, 0.29) is 6.04 Å². The summed E-state index contributed by atoms with van der Waals surface area (Å²) in [5.41, 5.74) is 7.80. The molecule has 0 aliphatic carbocycles. The zero-order valence-electron chi connectivity index (χ0n) is 8.02. The Kier molecular flexibility index (Phi) is 2.35. The lowest BCUT2D eigenvalue weighted by Gasteiger charge is -1.93. The van der Waals surface area contributed by atoms with Crippen LogP contribution in [0.1, 0.15) is 24.4 Å². The van der Waals surface area contributed by atoms with Crippen LogP contribution in [0.4, 0.5) is 0 Å². The lowest BCUT2D eigenvalue weighted by Crippen LogP contribution is -2.04. The van der Waals surface area contributed by atoms with Crippen LogP contribution in [0.5, 0.6) is 0 Å². The first-order valence-electron chi connectivity index (χ1n) is 4.31. The first kappa shape index (κ1) is 9.36. The van der Waals surface area contributed by atoms with Crippen LogP contribution in [0, 0.1) is 6.92 Å². The Balaban J connectivity index is 2.39. The first-order chi connectivity index (χ1) is 6.68. The molecule has 2 aromatic rings. The van der Waals surface area contributed by atoms with Gasteiger partial charge in [0.2, 0.25) is 11.7 Å². The molecular weight excluding hydrogens is 198 g/mol. The Morgan fingerprint density at radius 2 is 2.29 bits per heavy atom. The van der Waals surface area contributed by atoms with Crippen LogP contribution >= 0.6 is 11.3 Å². The van der Waals surface area contributed by atoms with E-state index in [1.54, 1.807) is 11.3 Å². The SMILES string of the molecule is Cc1cscc1-c1noc([C@@H](C)N)n1. The lowest BCUT2D eigenvalue weighted by molar-refractivity contribution is 0.362. The van der Waals surface area contributed by atoms with Gasteiger partial charge in [0.25, 0.3) is 0 Å². The number of nitrogens with two attached hydrogens (primary N) is 1. The van der Waals surface area contributed by atoms with E-state index >= 15 is 0 Å². The van der Waals surface area contributed by atoms with Gasteiger partial charge in [-0.25, -0.2) is 0 Å². The highest BCUT2D eigenvalue weighted by molar-refractivity contribution is 7.08. The van der Waals surface area contributed by atoms with Gasteiger partial charge in [-0.2, -0.15) is 16.3 Å². The van der Waals surface area contributed by atoms with Crippen molar-refractivity contribution in [2.75, 3.05) is 0 Å². The predicted molar refractivity (Wildman–Crippen MR) is 55.0 cm³/mol. The van der Waals surface area contributed by atoms with E-state index in [9.17, 15) is 0 Å². The van der Waals surface area contributed by atoms with Crippen molar-refractivity contribution in [1.29, 1.82) is 0 Å². The quantitative estimate of drug-likeness (QED) is 0.822. The monoisotopic (exact) mass is 209 g/mol. The van der Waals surface area contributed by atoms with Crippen molar-refractivity contribution in [2.45, 2.75) is 19.9 Å². The molecule has 4 nitrogen and oxygen atoms in total. The van der Waals surface area contributed by atoms with E-state index in [2.05, 4.69) is 15.5 Å². The van der Waals surface area contributed by atoms with Crippen LogP contribution in [-0.4, -0.2) is 10.1 Å². The van der Waals surface area contributed by atoms with Gasteiger partial charge in [-0.1, -0.05) is 5.16 Å². The molecule has 2 rings (SSSR count). The van der Waals surface area contributed by atoms with Gasteiger partial charge in [0.05, 0.1) is 6.04 Å². The van der Waals surface area contributed by atoms with Crippen LogP contribution in [0.15, 0.2) is 15.3 Å². The fraction of sp³-hybridized carbons (Fsp3) is 0.333. The molecule has 1 atom stereocenters. The molecule has 2 heterocycles. The average molecular weight is 209 g/mol. The third-order valence-electron chi connectivity index (χ3n) is 1.93. The molecule has 0 unspecified atom stereocenters. The highest BCUT2D eigenvalue weighted by Crippen LogP contribution is 2.24. The summed E-state index contributed by atoms with van der Waals surface area (Å²) in [5.74, 6) is 1.10. The molecule has 14 heavy (non-hydrogen) atoms. The smallest absolute Gasteiger partial charge is 0.243 e. The number of nitrogens with zero attached hydrogens (tertiary/aromatic N) is 2. The molecule has 2 aromatic heterocycles. The number of aromatic nitrogens is 2. The van der Waals surface area contributed by atoms with Gasteiger partial charge < -0.3 is 10.3 Å². The van der Waals surface area contributed by atoms with E-state index in [4.69, 9.17) is 10.3 Å². The van der Waals surface area contributed by atoms with E-state index in [0.29, 0.717) is 11.7 Å². The van der Waals surface area contributed by atoms with Crippen molar-refractivity contribution >= 4 is 11.3 Å². The molecule has 5 heteroatoms. The maximum absolute atomic E-state index is 5.62. The summed E-state index contributed by atoms with van der Waals surface area (Å²) in [7, 11) is 0. The summed E-state index contributed by atoms with van der Waals surface area (Å²) in [5, 5.41) is 7.94. The second-order valence-electron chi connectivity index (χ2n) is 3.21. The number of rotatable bonds is 2. The molecule has 2 N–H and O–H groups in total. The Bertz CT molecular complexity index is 433. The molecule has 0 saturated carbocycles. The van der Waals surface area contributed by atoms with Crippen LogP contribution in [0.3, 0.4) is 0 Å². The third kappa shape index (κ3) is 1.56. The van der Waals surface area contributed by atoms with Gasteiger partial charge in [-0.05, 0) is 24.8 Å². The van der Waals surface area contributed by atoms with Gasteiger partial charge in [-0.15, -0.1) is 0 Å². The van der Waals surface area contributed by atoms with Crippen molar-refractivity contribution in [1.82, 2.24) is 10.1 Å². The van der Waals surface area contributed by atoms with E-state index in [1.807, 2.05) is 19.2 Å². The minimum Gasteiger partial charge on any atom is -0.337 e. The normalized spacial score (nSPS) is 13.1. The molecular formula is C9H11N3OS. The second-order valence-corrected chi connectivity index (χ2v) is 3.96. The minimum atomic E-state index is -0.213. The van der Waals surface area contributed by atoms with Gasteiger partial charge in [0.15, 0.2) is 0 Å². The zero-order chi connectivity index (χ0) is 10.1. The molecule has 0 amide bonds. The highest BCUT2D eigenvalue weighted by atomic mass is 32.1. The Labute approximate surface area is 85.7 Å². The predicted octanol–water partition coefficient (Wildman–Crippen LogP) is 2.13. The summed E-state index contributed by atoms with van der Waals surface area (Å²) in [4.78, 5) is 4.22. The molecule has 0 spiro atoms. The molecule has 0 bridgehead atoms. The van der Waals surface area contributed by atoms with Gasteiger partial charge in [-0.3, -0.25) is 0 Å². The molecule has 0 radical (unpaired) electrons. The van der Waals surface area contributed by atoms with E-state index in [1.165, 1.54) is 0 Å². The lowest BCUT2D eigenvalue weighted by atomic mass is 10.2. The summed E-state index contributed by atoms with van der Waals surface area (Å²) in [6, 6.07) is -0.213. The molecule has 0 aliphatic heterocycles. The van der Waals surface area contributed by atoms with Crippen molar-refractivity contribution in [2.24, 2.45) is 5.73 Å². The second kappa shape index (κ2) is 3.51. The highest BCUT2D eigenvalue weighted by Gasteiger charge is 2.13. The number of hydrogen-bond donors (Lipinski definition) is 1. The fourth-order valence-electron chi connectivity index (χ4n) is 1.12. The van der Waals surface area contributed by atoms with Crippen LogP contribution in [0.2, 0.25) is 0 Å². The summed E-state index contributed by atoms with van der Waals surface area (Å²) >= 11 is 1.63. The van der Waals surface area contributed by atoms with Crippen molar-refractivity contribution in [3.05, 3.63) is 22.2 Å². The van der Waals surface area contributed by atoms with Crippen molar-refractivity contribution in [3.63, 3.8) is 0 Å². The average Bonchev–Trinajstić information content (AvgIpc) is 2.71. The van der Waals surface area contributed by atoms with Gasteiger partial charge in [0.1, 0.15) is 0 Å². The Morgan fingerprint density at radius 1 is 1.50 bits per heavy atom. The van der Waals surface area contributed by atoms with E-state index in [0.717, 1.165) is 11.1 Å². The number of aryl methyl sites for hydroxylation is 1. The van der Waals surface area contributed by atoms with Crippen LogP contribution in [0.25, 0.3) is 11.4 Å². The fourth-order valence-corrected chi connectivity index (χ4v) is 1.95. The largest absolute Gasteiger partial charge is 0.337 e. The van der Waals surface area contributed by atoms with Gasteiger partial charge >= 0.3 is 0 Å². The number of thiophene rings is 1. The zero-order valence-corrected chi connectivity index (χ0v) is 8.84. The molecule has 0 aromatic carbocycles. The maximum Gasteiger partial charge on any atom is 0.243 e. The van der Waals surface area contributed by atoms with Crippen LogP contribution < -0.4 is 5.73 Å². The minimum absolute atomic E-state index is 0.213. The maximum atomic E-state index is 5.62. The summed E-state index contributed by atoms with van der Waals surface area (Å²) in [6.45, 7) is 3.84. The molecule has 0 fully saturated rings. The van der Waals surface area contributed by atoms with Gasteiger partial charge in [0, 0.05) is 10.9 Å². The molecule has 0 saturated heterocycles. The standard InChI is InChI=1S/C9H11N3OS/c1-5-3-14-4-7(5)8-11-9(6(2)10)13-12-8/h3-4,6H,10H2,1-2H3/t6-/m1/s1. The van der Waals surface area contributed by atoms with E-state index < -0.39 is 0 Å². The van der Waals surface area contributed by atoms with Crippen molar-refractivity contribution in [3.8, 4) is 11.4 Å².